The van der Waals surface area contributed by atoms with E-state index in [1.807, 2.05) is 50.2 Å². The average Bonchev–Trinajstić information content (AvgIpc) is 3.16. The molecule has 1 aromatic carbocycles. The highest BCUT2D eigenvalue weighted by Gasteiger charge is 2.44. The number of Topliss-reactive ketones (excluding diaryl/α,β-unsaturated/α-hetero) is 1. The molecule has 2 aromatic rings. The van der Waals surface area contributed by atoms with Gasteiger partial charge in [-0.2, -0.15) is 0 Å². The zero-order valence-corrected chi connectivity index (χ0v) is 19.2. The molecule has 4 rings (SSSR count). The molecule has 1 N–H and O–H groups in total. The monoisotopic (exact) mass is 435 g/mol. The van der Waals surface area contributed by atoms with Crippen LogP contribution in [0.3, 0.4) is 0 Å². The summed E-state index contributed by atoms with van der Waals surface area (Å²) >= 11 is 0. The van der Waals surface area contributed by atoms with Gasteiger partial charge in [0.05, 0.1) is 18.6 Å². The number of hydrogen-bond donors (Lipinski definition) is 1. The normalized spacial score (nSPS) is 20.0. The number of ether oxygens (including phenoxy) is 2. The fourth-order valence-corrected chi connectivity index (χ4v) is 4.55. The summed E-state index contributed by atoms with van der Waals surface area (Å²) in [5.74, 6) is 1.05. The van der Waals surface area contributed by atoms with E-state index in [1.54, 1.807) is 7.11 Å². The molecule has 1 aliphatic carbocycles. The number of hydrogen-bond acceptors (Lipinski definition) is 6. The molecule has 1 atom stereocenters. The third-order valence-corrected chi connectivity index (χ3v) is 6.03. The summed E-state index contributed by atoms with van der Waals surface area (Å²) in [5.41, 5.74) is 3.30. The van der Waals surface area contributed by atoms with Gasteiger partial charge in [0.2, 0.25) is 0 Å². The fraction of sp³-hybridized carbons (Fsp3) is 0.385. The molecule has 0 fully saturated rings. The number of nitrogens with one attached hydrogen (secondary N) is 1. The average molecular weight is 436 g/mol. The predicted molar refractivity (Wildman–Crippen MR) is 120 cm³/mol. The van der Waals surface area contributed by atoms with Gasteiger partial charge in [-0.1, -0.05) is 26.0 Å². The Morgan fingerprint density at radius 1 is 1.12 bits per heavy atom. The van der Waals surface area contributed by atoms with E-state index in [0.29, 0.717) is 29.0 Å². The van der Waals surface area contributed by atoms with E-state index < -0.39 is 11.9 Å². The topological polar surface area (TPSA) is 77.8 Å². The van der Waals surface area contributed by atoms with Crippen LogP contribution >= 0.6 is 0 Å². The Balaban J connectivity index is 1.66. The van der Waals surface area contributed by atoms with Crippen LogP contribution in [0, 0.1) is 12.3 Å². The number of esters is 1. The Morgan fingerprint density at radius 2 is 1.84 bits per heavy atom. The van der Waals surface area contributed by atoms with Gasteiger partial charge >= 0.3 is 5.97 Å². The van der Waals surface area contributed by atoms with Gasteiger partial charge in [0, 0.05) is 23.4 Å². The van der Waals surface area contributed by atoms with Gasteiger partial charge in [-0.15, -0.1) is 0 Å². The minimum absolute atomic E-state index is 0.0377. The molecule has 0 saturated heterocycles. The van der Waals surface area contributed by atoms with Gasteiger partial charge in [-0.3, -0.25) is 4.79 Å². The lowest BCUT2D eigenvalue weighted by Crippen LogP contribution is -2.38. The number of ketones is 1. The Hall–Kier alpha value is -3.28. The number of methoxy groups -OCH3 is 1. The van der Waals surface area contributed by atoms with Crippen LogP contribution < -0.4 is 10.1 Å². The van der Waals surface area contributed by atoms with Gasteiger partial charge in [0.1, 0.15) is 23.9 Å². The van der Waals surface area contributed by atoms with E-state index in [4.69, 9.17) is 13.9 Å². The van der Waals surface area contributed by atoms with Crippen molar-refractivity contribution in [1.29, 1.82) is 0 Å². The summed E-state index contributed by atoms with van der Waals surface area (Å²) in [6.07, 6.45) is 1.16. The van der Waals surface area contributed by atoms with Crippen LogP contribution in [0.5, 0.6) is 5.75 Å². The molecule has 0 saturated carbocycles. The van der Waals surface area contributed by atoms with E-state index in [9.17, 15) is 9.59 Å². The van der Waals surface area contributed by atoms with Gasteiger partial charge in [-0.05, 0) is 55.5 Å². The molecular formula is C26H29NO5. The largest absolute Gasteiger partial charge is 0.497 e. The quantitative estimate of drug-likeness (QED) is 0.670. The number of dihydropyridines is 1. The maximum Gasteiger partial charge on any atom is 0.337 e. The van der Waals surface area contributed by atoms with E-state index in [-0.39, 0.29) is 17.8 Å². The molecule has 2 aliphatic rings. The molecule has 6 nitrogen and oxygen atoms in total. The van der Waals surface area contributed by atoms with Crippen molar-refractivity contribution in [3.05, 3.63) is 76.0 Å². The first-order chi connectivity index (χ1) is 15.2. The highest BCUT2D eigenvalue weighted by molar-refractivity contribution is 6.04. The summed E-state index contributed by atoms with van der Waals surface area (Å²) in [6.45, 7) is 7.99. The van der Waals surface area contributed by atoms with Crippen LogP contribution in [0.4, 0.5) is 0 Å². The summed E-state index contributed by atoms with van der Waals surface area (Å²) < 4.78 is 16.8. The third kappa shape index (κ3) is 4.22. The predicted octanol–water partition coefficient (Wildman–Crippen LogP) is 4.94. The lowest BCUT2D eigenvalue weighted by atomic mass is 9.69. The Kier molecular flexibility index (Phi) is 5.71. The number of aryl methyl sites for hydroxylation is 1. The number of carbonyl (C=O) groups excluding carboxylic acids is 2. The smallest absolute Gasteiger partial charge is 0.337 e. The first kappa shape index (κ1) is 21.9. The van der Waals surface area contributed by atoms with E-state index in [2.05, 4.69) is 19.2 Å². The molecule has 32 heavy (non-hydrogen) atoms. The van der Waals surface area contributed by atoms with E-state index in [0.717, 1.165) is 29.2 Å². The van der Waals surface area contributed by atoms with Gasteiger partial charge < -0.3 is 19.2 Å². The number of carbonyl (C=O) groups is 2. The van der Waals surface area contributed by atoms with Crippen LogP contribution in [-0.2, 0) is 20.9 Å². The SMILES string of the molecule is COc1ccc(COC(=O)C2=C(C)NC3=C(C(=O)CC(C)(C)C3)[C@H]2c2ccc(C)o2)cc1. The van der Waals surface area contributed by atoms with Gasteiger partial charge in [0.15, 0.2) is 5.78 Å². The van der Waals surface area contributed by atoms with Crippen molar-refractivity contribution in [3.63, 3.8) is 0 Å². The Labute approximate surface area is 188 Å². The maximum atomic E-state index is 13.3. The lowest BCUT2D eigenvalue weighted by molar-refractivity contribution is -0.140. The third-order valence-electron chi connectivity index (χ3n) is 6.03. The fourth-order valence-electron chi connectivity index (χ4n) is 4.55. The van der Waals surface area contributed by atoms with Gasteiger partial charge in [0.25, 0.3) is 0 Å². The number of rotatable bonds is 5. The standard InChI is InChI=1S/C26H29NO5/c1-15-6-11-21(32-15)24-22(25(29)31-14-17-7-9-18(30-5)10-8-17)16(2)27-19-12-26(3,4)13-20(28)23(19)24/h6-11,24,27H,12-14H2,1-5H3/t24-/m0/s1. The number of allylic oxidation sites excluding steroid dienone is 3. The zero-order chi connectivity index (χ0) is 23.0. The first-order valence-electron chi connectivity index (χ1n) is 10.8. The Bertz CT molecular complexity index is 1120. The minimum atomic E-state index is -0.577. The maximum absolute atomic E-state index is 13.3. The van der Waals surface area contributed by atoms with Crippen molar-refractivity contribution in [2.75, 3.05) is 7.11 Å². The lowest BCUT2D eigenvalue weighted by Gasteiger charge is -2.38. The molecule has 0 amide bonds. The molecule has 0 unspecified atom stereocenters. The first-order valence-corrected chi connectivity index (χ1v) is 10.8. The second-order valence-corrected chi connectivity index (χ2v) is 9.30. The Morgan fingerprint density at radius 3 is 2.47 bits per heavy atom. The van der Waals surface area contributed by atoms with Crippen molar-refractivity contribution < 1.29 is 23.5 Å². The van der Waals surface area contributed by atoms with Crippen LogP contribution in [0.25, 0.3) is 0 Å². The van der Waals surface area contributed by atoms with Gasteiger partial charge in [-0.25, -0.2) is 4.79 Å². The van der Waals surface area contributed by atoms with Crippen molar-refractivity contribution in [2.24, 2.45) is 5.41 Å². The van der Waals surface area contributed by atoms with Crippen LogP contribution in [0.1, 0.15) is 56.6 Å². The molecule has 168 valence electrons. The van der Waals surface area contributed by atoms with Crippen molar-refractivity contribution >= 4 is 11.8 Å². The summed E-state index contributed by atoms with van der Waals surface area (Å²) in [7, 11) is 1.60. The highest BCUT2D eigenvalue weighted by Crippen LogP contribution is 2.47. The van der Waals surface area contributed by atoms with Crippen LogP contribution in [0.15, 0.2) is 63.4 Å². The van der Waals surface area contributed by atoms with E-state index >= 15 is 0 Å². The summed E-state index contributed by atoms with van der Waals surface area (Å²) in [4.78, 5) is 26.5. The number of benzene rings is 1. The molecule has 1 aliphatic heterocycles. The summed E-state index contributed by atoms with van der Waals surface area (Å²) in [5, 5.41) is 3.33. The van der Waals surface area contributed by atoms with Crippen LogP contribution in [-0.4, -0.2) is 18.9 Å². The molecule has 0 spiro atoms. The molecular weight excluding hydrogens is 406 g/mol. The van der Waals surface area contributed by atoms with Crippen molar-refractivity contribution in [1.82, 2.24) is 5.32 Å². The van der Waals surface area contributed by atoms with Crippen LogP contribution in [0.2, 0.25) is 0 Å². The summed E-state index contributed by atoms with van der Waals surface area (Å²) in [6, 6.07) is 11.0. The number of furan rings is 1. The molecule has 6 heteroatoms. The molecule has 0 radical (unpaired) electrons. The van der Waals surface area contributed by atoms with Crippen molar-refractivity contribution in [2.45, 2.75) is 53.1 Å². The molecule has 2 heterocycles. The van der Waals surface area contributed by atoms with E-state index in [1.165, 1.54) is 0 Å². The molecule has 1 aromatic heterocycles. The highest BCUT2D eigenvalue weighted by atomic mass is 16.5. The molecule has 0 bridgehead atoms. The zero-order valence-electron chi connectivity index (χ0n) is 19.2. The van der Waals surface area contributed by atoms with Crippen molar-refractivity contribution in [3.8, 4) is 5.75 Å². The minimum Gasteiger partial charge on any atom is -0.497 e. The second-order valence-electron chi connectivity index (χ2n) is 9.30. The second kappa shape index (κ2) is 8.34.